The second kappa shape index (κ2) is 10.3. The van der Waals surface area contributed by atoms with Crippen LogP contribution in [0.25, 0.3) is 0 Å². The summed E-state index contributed by atoms with van der Waals surface area (Å²) in [6, 6.07) is -0.0738. The number of nitrogens with one attached hydrogen (secondary N) is 1. The van der Waals surface area contributed by atoms with Crippen LogP contribution in [0.1, 0.15) is 24.2 Å². The molecule has 0 aliphatic rings. The van der Waals surface area contributed by atoms with Gasteiger partial charge in [0, 0.05) is 11.9 Å². The normalized spacial score (nSPS) is 12.8. The van der Waals surface area contributed by atoms with Gasteiger partial charge in [-0.15, -0.1) is 11.8 Å². The molecule has 0 saturated carbocycles. The molecule has 0 aromatic heterocycles. The molecule has 1 atom stereocenters. The summed E-state index contributed by atoms with van der Waals surface area (Å²) >= 11 is 0.910. The maximum atomic E-state index is 13.8. The minimum Gasteiger partial charge on any atom is -0.462 e. The minimum absolute atomic E-state index is 0.0947. The predicted octanol–water partition coefficient (Wildman–Crippen LogP) is 2.53. The van der Waals surface area contributed by atoms with Crippen molar-refractivity contribution in [2.45, 2.75) is 19.9 Å². The molecule has 1 aromatic rings. The van der Waals surface area contributed by atoms with Gasteiger partial charge in [-0.25, -0.2) is 22.4 Å². The Hall–Kier alpha value is -1.91. The Morgan fingerprint density at radius 1 is 1.27 bits per heavy atom. The van der Waals surface area contributed by atoms with Gasteiger partial charge >= 0.3 is 5.97 Å². The molecule has 0 aliphatic heterocycles. The number of aliphatic hydroxyl groups is 1. The topological polar surface area (TPSA) is 75.6 Å². The molecule has 0 radical (unpaired) electrons. The molecule has 26 heavy (non-hydrogen) atoms. The first-order chi connectivity index (χ1) is 12.2. The molecule has 10 heteroatoms. The van der Waals surface area contributed by atoms with Gasteiger partial charge in [0.1, 0.15) is 5.57 Å². The second-order valence-electron chi connectivity index (χ2n) is 5.03. The highest BCUT2D eigenvalue weighted by atomic mass is 32.2. The maximum absolute atomic E-state index is 13.8. The van der Waals surface area contributed by atoms with Crippen LogP contribution in [0.15, 0.2) is 17.0 Å². The number of aliphatic hydroxyl groups excluding tert-OH is 1. The Kier molecular flexibility index (Phi) is 8.76. The van der Waals surface area contributed by atoms with Crippen LogP contribution >= 0.6 is 11.8 Å². The van der Waals surface area contributed by atoms with Crippen LogP contribution in [0.4, 0.5) is 17.6 Å². The lowest BCUT2D eigenvalue weighted by molar-refractivity contribution is -0.138. The van der Waals surface area contributed by atoms with Gasteiger partial charge in [0.25, 0.3) is 0 Å². The Morgan fingerprint density at radius 2 is 1.92 bits per heavy atom. The van der Waals surface area contributed by atoms with Gasteiger partial charge in [0.2, 0.25) is 5.78 Å². The number of ether oxygens (including phenoxy) is 1. The molecule has 2 N–H and O–H groups in total. The molecule has 144 valence electrons. The van der Waals surface area contributed by atoms with Crippen molar-refractivity contribution in [3.63, 3.8) is 0 Å². The molecule has 0 bridgehead atoms. The van der Waals surface area contributed by atoms with Crippen molar-refractivity contribution in [2.24, 2.45) is 0 Å². The molecule has 0 fully saturated rings. The standard InChI is InChI=1S/C16H17F4NO4S/c1-3-25-16(24)10(6-26-7-21-8(2)5-22)15(23)9-4-11(17)13(19)14(20)12(9)18/h4,6,8,21-22H,3,5,7H2,1-2H3/b10-6-/t8-/m0/s1. The largest absolute Gasteiger partial charge is 0.462 e. The van der Waals surface area contributed by atoms with Gasteiger partial charge in [0.05, 0.1) is 18.8 Å². The molecule has 0 aliphatic carbocycles. The van der Waals surface area contributed by atoms with Crippen molar-refractivity contribution in [3.8, 4) is 0 Å². The van der Waals surface area contributed by atoms with Crippen LogP contribution in [-0.2, 0) is 9.53 Å². The molecule has 0 amide bonds. The Bertz CT molecular complexity index is 712. The van der Waals surface area contributed by atoms with E-state index in [1.54, 1.807) is 6.92 Å². The van der Waals surface area contributed by atoms with Crippen LogP contribution in [0, 0.1) is 23.3 Å². The van der Waals surface area contributed by atoms with Crippen molar-refractivity contribution in [1.29, 1.82) is 0 Å². The maximum Gasteiger partial charge on any atom is 0.342 e. The summed E-state index contributed by atoms with van der Waals surface area (Å²) in [5, 5.41) is 12.8. The first kappa shape index (κ1) is 22.1. The quantitative estimate of drug-likeness (QED) is 0.0640. The number of hydrogen-bond donors (Lipinski definition) is 2. The average molecular weight is 395 g/mol. The first-order valence-corrected chi connectivity index (χ1v) is 8.50. The number of esters is 1. The number of rotatable bonds is 9. The van der Waals surface area contributed by atoms with Crippen LogP contribution < -0.4 is 5.32 Å². The monoisotopic (exact) mass is 395 g/mol. The molecular weight excluding hydrogens is 378 g/mol. The lowest BCUT2D eigenvalue weighted by Crippen LogP contribution is -2.28. The molecule has 0 heterocycles. The molecule has 5 nitrogen and oxygen atoms in total. The summed E-state index contributed by atoms with van der Waals surface area (Å²) < 4.78 is 58.2. The number of halogens is 4. The SMILES string of the molecule is CCOC(=O)/C(=C\SCN[C@@H](C)CO)C(=O)c1cc(F)c(F)c(F)c1F. The highest BCUT2D eigenvalue weighted by Gasteiger charge is 2.28. The average Bonchev–Trinajstić information content (AvgIpc) is 2.62. The van der Waals surface area contributed by atoms with Crippen molar-refractivity contribution in [3.05, 3.63) is 45.9 Å². The molecule has 1 rings (SSSR count). The summed E-state index contributed by atoms with van der Waals surface area (Å²) in [5.41, 5.74) is -1.79. The van der Waals surface area contributed by atoms with E-state index in [0.717, 1.165) is 17.2 Å². The van der Waals surface area contributed by atoms with E-state index in [4.69, 9.17) is 5.11 Å². The number of benzene rings is 1. The van der Waals surface area contributed by atoms with Gasteiger partial charge in [-0.05, 0) is 25.3 Å². The van der Waals surface area contributed by atoms with Crippen LogP contribution in [0.2, 0.25) is 0 Å². The number of thioether (sulfide) groups is 1. The zero-order chi connectivity index (χ0) is 19.9. The summed E-state index contributed by atoms with van der Waals surface area (Å²) in [4.78, 5) is 24.3. The van der Waals surface area contributed by atoms with Crippen molar-refractivity contribution >= 4 is 23.5 Å². The third-order valence-electron chi connectivity index (χ3n) is 3.08. The number of ketones is 1. The zero-order valence-corrected chi connectivity index (χ0v) is 14.8. The smallest absolute Gasteiger partial charge is 0.342 e. The summed E-state index contributed by atoms with van der Waals surface area (Å²) in [6.45, 7) is 2.91. The van der Waals surface area contributed by atoms with E-state index in [2.05, 4.69) is 10.1 Å². The van der Waals surface area contributed by atoms with Crippen molar-refractivity contribution < 1.29 is 37.0 Å². The van der Waals surface area contributed by atoms with E-state index in [0.29, 0.717) is 0 Å². The lowest BCUT2D eigenvalue weighted by Gasteiger charge is -2.10. The van der Waals surface area contributed by atoms with Crippen molar-refractivity contribution in [1.82, 2.24) is 5.32 Å². The fraction of sp³-hybridized carbons (Fsp3) is 0.375. The third kappa shape index (κ3) is 5.55. The van der Waals surface area contributed by atoms with E-state index in [1.807, 2.05) is 0 Å². The van der Waals surface area contributed by atoms with E-state index < -0.39 is 46.2 Å². The molecule has 0 saturated heterocycles. The van der Waals surface area contributed by atoms with Crippen molar-refractivity contribution in [2.75, 3.05) is 19.1 Å². The molecule has 0 unspecified atom stereocenters. The lowest BCUT2D eigenvalue weighted by atomic mass is 10.0. The summed E-state index contributed by atoms with van der Waals surface area (Å²) in [7, 11) is 0. The Labute approximate surface area is 151 Å². The Morgan fingerprint density at radius 3 is 2.50 bits per heavy atom. The third-order valence-corrected chi connectivity index (χ3v) is 3.81. The fourth-order valence-electron chi connectivity index (χ4n) is 1.67. The number of carbonyl (C=O) groups excluding carboxylic acids is 2. The fourth-order valence-corrected chi connectivity index (χ4v) is 2.50. The minimum atomic E-state index is -2.15. The van der Waals surface area contributed by atoms with E-state index in [-0.39, 0.29) is 31.2 Å². The van der Waals surface area contributed by atoms with Gasteiger partial charge in [0.15, 0.2) is 23.3 Å². The van der Waals surface area contributed by atoms with E-state index in [1.165, 1.54) is 6.92 Å². The highest BCUT2D eigenvalue weighted by molar-refractivity contribution is 8.02. The van der Waals surface area contributed by atoms with E-state index in [9.17, 15) is 27.2 Å². The highest BCUT2D eigenvalue weighted by Crippen LogP contribution is 2.22. The van der Waals surface area contributed by atoms with Gasteiger partial charge in [-0.1, -0.05) is 0 Å². The van der Waals surface area contributed by atoms with Crippen LogP contribution in [0.3, 0.4) is 0 Å². The van der Waals surface area contributed by atoms with Gasteiger partial charge in [-0.2, -0.15) is 0 Å². The predicted molar refractivity (Wildman–Crippen MR) is 87.5 cm³/mol. The van der Waals surface area contributed by atoms with Gasteiger partial charge in [-0.3, -0.25) is 4.79 Å². The molecule has 0 spiro atoms. The summed E-state index contributed by atoms with van der Waals surface area (Å²) in [6.07, 6.45) is 0. The van der Waals surface area contributed by atoms with Crippen LogP contribution in [0.5, 0.6) is 0 Å². The first-order valence-electron chi connectivity index (χ1n) is 7.45. The summed E-state index contributed by atoms with van der Waals surface area (Å²) in [5.74, 6) is -10.2. The second-order valence-corrected chi connectivity index (χ2v) is 5.89. The number of carbonyl (C=O) groups is 2. The zero-order valence-electron chi connectivity index (χ0n) is 13.9. The molecular formula is C16H17F4NO4S. The number of Topliss-reactive ketones (excluding diaryl/α,β-unsaturated/α-hetero) is 1. The van der Waals surface area contributed by atoms with Gasteiger partial charge < -0.3 is 15.2 Å². The number of hydrogen-bond acceptors (Lipinski definition) is 6. The Balaban J connectivity index is 3.15. The van der Waals surface area contributed by atoms with E-state index >= 15 is 0 Å². The van der Waals surface area contributed by atoms with Crippen LogP contribution in [-0.4, -0.2) is 42.0 Å². The molecule has 1 aromatic carbocycles.